The summed E-state index contributed by atoms with van der Waals surface area (Å²) in [6, 6.07) is 7.53. The van der Waals surface area contributed by atoms with Crippen LogP contribution in [-0.2, 0) is 11.0 Å². The van der Waals surface area contributed by atoms with Gasteiger partial charge < -0.3 is 15.1 Å². The summed E-state index contributed by atoms with van der Waals surface area (Å²) in [5.41, 5.74) is 0.0767. The number of hydrogen-bond acceptors (Lipinski definition) is 4. The van der Waals surface area contributed by atoms with Crippen LogP contribution in [-0.4, -0.2) is 47.9 Å². The number of amides is 2. The quantitative estimate of drug-likeness (QED) is 0.781. The highest BCUT2D eigenvalue weighted by atomic mass is 35.5. The lowest BCUT2D eigenvalue weighted by Gasteiger charge is -2.24. The van der Waals surface area contributed by atoms with Crippen molar-refractivity contribution in [1.82, 2.24) is 9.88 Å². The van der Waals surface area contributed by atoms with Gasteiger partial charge in [-0.25, -0.2) is 4.98 Å². The average molecular weight is 441 g/mol. The lowest BCUT2D eigenvalue weighted by atomic mass is 10.1. The number of benzene rings is 1. The van der Waals surface area contributed by atoms with Crippen LogP contribution in [0.15, 0.2) is 36.5 Å². The van der Waals surface area contributed by atoms with Crippen LogP contribution >= 0.6 is 11.6 Å². The van der Waals surface area contributed by atoms with Crippen molar-refractivity contribution in [2.45, 2.75) is 19.5 Å². The van der Waals surface area contributed by atoms with Gasteiger partial charge in [0.1, 0.15) is 5.82 Å². The van der Waals surface area contributed by atoms with Gasteiger partial charge in [0.15, 0.2) is 0 Å². The Balaban J connectivity index is 1.71. The first kappa shape index (κ1) is 21.9. The normalized spacial score (nSPS) is 15.0. The molecular weight excluding hydrogens is 421 g/mol. The molecule has 0 bridgehead atoms. The zero-order valence-electron chi connectivity index (χ0n) is 16.2. The molecule has 0 atom stereocenters. The summed E-state index contributed by atoms with van der Waals surface area (Å²) in [6.07, 6.45) is -3.14. The Morgan fingerprint density at radius 1 is 1.13 bits per heavy atom. The van der Waals surface area contributed by atoms with Crippen molar-refractivity contribution in [3.63, 3.8) is 0 Å². The molecule has 2 amide bonds. The van der Waals surface area contributed by atoms with E-state index in [-0.39, 0.29) is 22.7 Å². The van der Waals surface area contributed by atoms with Gasteiger partial charge in [-0.2, -0.15) is 13.2 Å². The van der Waals surface area contributed by atoms with Gasteiger partial charge in [0, 0.05) is 50.6 Å². The Kier molecular flexibility index (Phi) is 6.50. The Labute approximate surface area is 176 Å². The largest absolute Gasteiger partial charge is 0.417 e. The van der Waals surface area contributed by atoms with Gasteiger partial charge in [-0.1, -0.05) is 17.7 Å². The van der Waals surface area contributed by atoms with Crippen molar-refractivity contribution in [3.05, 3.63) is 52.7 Å². The van der Waals surface area contributed by atoms with Gasteiger partial charge >= 0.3 is 6.18 Å². The third kappa shape index (κ3) is 5.21. The highest BCUT2D eigenvalue weighted by Crippen LogP contribution is 2.33. The molecule has 1 aromatic heterocycles. The van der Waals surface area contributed by atoms with Gasteiger partial charge in [0.25, 0.3) is 5.91 Å². The standard InChI is InChI=1S/C20H20ClF3N4O2/c1-13(29)26-16-5-2-4-14(10-16)19(30)28-7-3-6-27(8-9-28)18-17(21)11-15(12-25-18)20(22,23)24/h2,4-5,10-12H,3,6-9H2,1H3,(H,26,29). The Hall–Kier alpha value is -2.81. The number of halogens is 4. The fraction of sp³-hybridized carbons (Fsp3) is 0.350. The molecule has 1 aliphatic heterocycles. The molecule has 1 aromatic carbocycles. The molecule has 0 radical (unpaired) electrons. The fourth-order valence-electron chi connectivity index (χ4n) is 3.27. The molecule has 1 aliphatic rings. The number of anilines is 2. The van der Waals surface area contributed by atoms with E-state index in [1.807, 2.05) is 0 Å². The molecule has 0 spiro atoms. The van der Waals surface area contributed by atoms with E-state index in [1.54, 1.807) is 34.1 Å². The summed E-state index contributed by atoms with van der Waals surface area (Å²) in [5, 5.41) is 2.57. The number of carbonyl (C=O) groups is 2. The number of alkyl halides is 3. The lowest BCUT2D eigenvalue weighted by Crippen LogP contribution is -2.35. The predicted molar refractivity (Wildman–Crippen MR) is 108 cm³/mol. The van der Waals surface area contributed by atoms with E-state index in [0.29, 0.717) is 43.9 Å². The third-order valence-electron chi connectivity index (χ3n) is 4.66. The molecule has 2 aromatic rings. The van der Waals surface area contributed by atoms with E-state index >= 15 is 0 Å². The minimum absolute atomic E-state index is 0.0763. The van der Waals surface area contributed by atoms with Crippen LogP contribution in [0, 0.1) is 0 Å². The van der Waals surface area contributed by atoms with Gasteiger partial charge in [-0.3, -0.25) is 9.59 Å². The summed E-state index contributed by atoms with van der Waals surface area (Å²) in [6.45, 7) is 3.13. The van der Waals surface area contributed by atoms with Crippen molar-refractivity contribution in [2.75, 3.05) is 36.4 Å². The molecule has 2 heterocycles. The zero-order valence-corrected chi connectivity index (χ0v) is 16.9. The van der Waals surface area contributed by atoms with Crippen molar-refractivity contribution >= 4 is 34.9 Å². The highest BCUT2D eigenvalue weighted by Gasteiger charge is 2.32. The summed E-state index contributed by atoms with van der Waals surface area (Å²) in [7, 11) is 0. The Morgan fingerprint density at radius 2 is 1.90 bits per heavy atom. The Morgan fingerprint density at radius 3 is 2.57 bits per heavy atom. The SMILES string of the molecule is CC(=O)Nc1cccc(C(=O)N2CCCN(c3ncc(C(F)(F)F)cc3Cl)CC2)c1. The van der Waals surface area contributed by atoms with Crippen LogP contribution in [0.5, 0.6) is 0 Å². The fourth-order valence-corrected chi connectivity index (χ4v) is 3.55. The monoisotopic (exact) mass is 440 g/mol. The van der Waals surface area contributed by atoms with Crippen molar-refractivity contribution in [1.29, 1.82) is 0 Å². The molecule has 0 saturated carbocycles. The molecule has 1 N–H and O–H groups in total. The molecule has 6 nitrogen and oxygen atoms in total. The van der Waals surface area contributed by atoms with Crippen LogP contribution in [0.1, 0.15) is 29.3 Å². The molecule has 160 valence electrons. The molecule has 3 rings (SSSR count). The maximum Gasteiger partial charge on any atom is 0.417 e. The summed E-state index contributed by atoms with van der Waals surface area (Å²) >= 11 is 6.06. The molecule has 30 heavy (non-hydrogen) atoms. The summed E-state index contributed by atoms with van der Waals surface area (Å²) < 4.78 is 38.5. The zero-order chi connectivity index (χ0) is 21.9. The van der Waals surface area contributed by atoms with Crippen LogP contribution in [0.2, 0.25) is 5.02 Å². The van der Waals surface area contributed by atoms with E-state index in [9.17, 15) is 22.8 Å². The van der Waals surface area contributed by atoms with Gasteiger partial charge in [0.2, 0.25) is 5.91 Å². The van der Waals surface area contributed by atoms with E-state index in [0.717, 1.165) is 12.3 Å². The molecule has 1 saturated heterocycles. The molecule has 1 fully saturated rings. The maximum atomic E-state index is 12.9. The van der Waals surface area contributed by atoms with E-state index in [1.165, 1.54) is 6.92 Å². The van der Waals surface area contributed by atoms with Gasteiger partial charge in [-0.05, 0) is 30.7 Å². The van der Waals surface area contributed by atoms with Crippen LogP contribution in [0.4, 0.5) is 24.7 Å². The first-order valence-electron chi connectivity index (χ1n) is 9.30. The number of hydrogen-bond donors (Lipinski definition) is 1. The summed E-state index contributed by atoms with van der Waals surface area (Å²) in [4.78, 5) is 31.5. The van der Waals surface area contributed by atoms with Crippen molar-refractivity contribution < 1.29 is 22.8 Å². The third-order valence-corrected chi connectivity index (χ3v) is 4.94. The summed E-state index contributed by atoms with van der Waals surface area (Å²) in [5.74, 6) is -0.145. The smallest absolute Gasteiger partial charge is 0.354 e. The first-order chi connectivity index (χ1) is 14.1. The minimum Gasteiger partial charge on any atom is -0.354 e. The topological polar surface area (TPSA) is 65.5 Å². The maximum absolute atomic E-state index is 12.9. The number of pyridine rings is 1. The van der Waals surface area contributed by atoms with Crippen LogP contribution in [0.3, 0.4) is 0 Å². The lowest BCUT2D eigenvalue weighted by molar-refractivity contribution is -0.137. The minimum atomic E-state index is -4.51. The molecular formula is C20H20ClF3N4O2. The number of nitrogens with one attached hydrogen (secondary N) is 1. The number of rotatable bonds is 3. The second kappa shape index (κ2) is 8.91. The van der Waals surface area contributed by atoms with E-state index in [2.05, 4.69) is 10.3 Å². The average Bonchev–Trinajstić information content (AvgIpc) is 2.92. The predicted octanol–water partition coefficient (Wildman–Crippen LogP) is 4.06. The highest BCUT2D eigenvalue weighted by molar-refractivity contribution is 6.33. The molecule has 10 heteroatoms. The Bertz CT molecular complexity index is 952. The second-order valence-corrected chi connectivity index (χ2v) is 7.33. The second-order valence-electron chi connectivity index (χ2n) is 6.92. The van der Waals surface area contributed by atoms with Gasteiger partial charge in [0.05, 0.1) is 10.6 Å². The molecule has 0 aliphatic carbocycles. The number of nitrogens with zero attached hydrogens (tertiary/aromatic N) is 3. The van der Waals surface area contributed by atoms with Crippen LogP contribution in [0.25, 0.3) is 0 Å². The van der Waals surface area contributed by atoms with Crippen molar-refractivity contribution in [2.24, 2.45) is 0 Å². The van der Waals surface area contributed by atoms with Crippen LogP contribution < -0.4 is 10.2 Å². The number of aromatic nitrogens is 1. The molecule has 0 unspecified atom stereocenters. The van der Waals surface area contributed by atoms with Gasteiger partial charge in [-0.15, -0.1) is 0 Å². The first-order valence-corrected chi connectivity index (χ1v) is 9.67. The van der Waals surface area contributed by atoms with E-state index in [4.69, 9.17) is 11.6 Å². The van der Waals surface area contributed by atoms with Crippen molar-refractivity contribution in [3.8, 4) is 0 Å². The number of carbonyl (C=O) groups excluding carboxylic acids is 2. The van der Waals surface area contributed by atoms with E-state index < -0.39 is 11.7 Å².